The van der Waals surface area contributed by atoms with Gasteiger partial charge in [-0.2, -0.15) is 0 Å². The van der Waals surface area contributed by atoms with Crippen LogP contribution in [-0.2, 0) is 22.6 Å². The van der Waals surface area contributed by atoms with Crippen LogP contribution in [0.4, 0.5) is 0 Å². The van der Waals surface area contributed by atoms with Crippen LogP contribution in [0.3, 0.4) is 0 Å². The Kier molecular flexibility index (Phi) is 5.61. The van der Waals surface area contributed by atoms with Crippen LogP contribution in [0.1, 0.15) is 31.8 Å². The molecule has 0 N–H and O–H groups in total. The Hall–Kier alpha value is -3.48. The van der Waals surface area contributed by atoms with Gasteiger partial charge in [0.1, 0.15) is 6.54 Å². The normalized spacial score (nSPS) is 10.4. The summed E-state index contributed by atoms with van der Waals surface area (Å²) >= 11 is 0. The summed E-state index contributed by atoms with van der Waals surface area (Å²) in [7, 11) is 2.73. The van der Waals surface area contributed by atoms with Crippen LogP contribution in [0.25, 0.3) is 0 Å². The summed E-state index contributed by atoms with van der Waals surface area (Å²) in [5.41, 5.74) is 3.12. The molecular weight excluding hydrogens is 346 g/mol. The van der Waals surface area contributed by atoms with E-state index in [-0.39, 0.29) is 11.9 Å². The van der Waals surface area contributed by atoms with Crippen molar-refractivity contribution in [1.82, 2.24) is 9.78 Å². The maximum Gasteiger partial charge on any atom is 0.337 e. The number of ether oxygens (including phenoxy) is 2. The predicted molar refractivity (Wildman–Crippen MR) is 96.2 cm³/mol. The second kappa shape index (κ2) is 8.27. The molecule has 0 aliphatic heterocycles. The van der Waals surface area contributed by atoms with E-state index in [9.17, 15) is 9.59 Å². The smallest absolute Gasteiger partial charge is 0.337 e. The van der Waals surface area contributed by atoms with E-state index in [1.54, 1.807) is 30.6 Å². The number of aromatic nitrogens is 3. The first-order valence-corrected chi connectivity index (χ1v) is 8.35. The molecule has 3 rings (SSSR count). The molecule has 2 aromatic carbocycles. The highest BCUT2D eigenvalue weighted by molar-refractivity contribution is 5.89. The SMILES string of the molecule is COC(=O)c1ccc(Cn2c[n+](Cc3ccc(C(=O)OC)cc3)cn2)cc1. The standard InChI is InChI=1S/C20H20N3O4/c1-26-19(24)17-7-3-15(4-8-17)11-22-13-21-23(14-22)12-16-5-9-18(10-6-16)20(25)27-2/h3-10,13-14H,11-12H2,1-2H3/q+1. The third-order valence-corrected chi connectivity index (χ3v) is 4.09. The number of carbonyl (C=O) groups is 2. The Balaban J connectivity index is 1.63. The van der Waals surface area contributed by atoms with Crippen LogP contribution in [0.2, 0.25) is 0 Å². The maximum absolute atomic E-state index is 11.5. The summed E-state index contributed by atoms with van der Waals surface area (Å²) < 4.78 is 13.2. The van der Waals surface area contributed by atoms with Gasteiger partial charge in [0.25, 0.3) is 6.33 Å². The van der Waals surface area contributed by atoms with Crippen molar-refractivity contribution in [1.29, 1.82) is 0 Å². The number of hydrogen-bond acceptors (Lipinski definition) is 5. The van der Waals surface area contributed by atoms with E-state index < -0.39 is 0 Å². The van der Waals surface area contributed by atoms with Gasteiger partial charge in [0.15, 0.2) is 0 Å². The third-order valence-electron chi connectivity index (χ3n) is 4.09. The summed E-state index contributed by atoms with van der Waals surface area (Å²) in [5.74, 6) is -0.697. The minimum absolute atomic E-state index is 0.347. The molecule has 0 saturated heterocycles. The molecule has 27 heavy (non-hydrogen) atoms. The lowest BCUT2D eigenvalue weighted by atomic mass is 10.1. The van der Waals surface area contributed by atoms with Crippen molar-refractivity contribution in [2.75, 3.05) is 14.2 Å². The van der Waals surface area contributed by atoms with Crippen molar-refractivity contribution in [3.8, 4) is 0 Å². The molecule has 0 spiro atoms. The molecule has 7 heteroatoms. The van der Waals surface area contributed by atoms with E-state index in [2.05, 4.69) is 5.10 Å². The molecule has 1 heterocycles. The van der Waals surface area contributed by atoms with Crippen molar-refractivity contribution < 1.29 is 23.6 Å². The Bertz CT molecular complexity index is 855. The summed E-state index contributed by atoms with van der Waals surface area (Å²) in [5, 5.41) is 4.35. The molecule has 0 radical (unpaired) electrons. The van der Waals surface area contributed by atoms with E-state index >= 15 is 0 Å². The lowest BCUT2D eigenvalue weighted by molar-refractivity contribution is -0.689. The van der Waals surface area contributed by atoms with Gasteiger partial charge in [0.05, 0.1) is 31.9 Å². The minimum atomic E-state index is -0.350. The van der Waals surface area contributed by atoms with Crippen LogP contribution in [-0.4, -0.2) is 35.9 Å². The topological polar surface area (TPSA) is 74.3 Å². The minimum Gasteiger partial charge on any atom is -0.465 e. The number of carbonyl (C=O) groups excluding carboxylic acids is 2. The molecule has 0 amide bonds. The molecule has 0 aliphatic carbocycles. The quantitative estimate of drug-likeness (QED) is 0.492. The molecule has 0 aliphatic rings. The van der Waals surface area contributed by atoms with Gasteiger partial charge in [0, 0.05) is 5.10 Å². The van der Waals surface area contributed by atoms with Gasteiger partial charge in [-0.1, -0.05) is 24.3 Å². The lowest BCUT2D eigenvalue weighted by Gasteiger charge is -2.01. The molecular formula is C20H20N3O4+. The average Bonchev–Trinajstić information content (AvgIpc) is 3.14. The van der Waals surface area contributed by atoms with E-state index in [0.29, 0.717) is 24.2 Å². The predicted octanol–water partition coefficient (Wildman–Crippen LogP) is 1.84. The molecule has 0 unspecified atom stereocenters. The molecule has 0 fully saturated rings. The monoisotopic (exact) mass is 366 g/mol. The highest BCUT2D eigenvalue weighted by atomic mass is 16.5. The van der Waals surface area contributed by atoms with Gasteiger partial charge < -0.3 is 9.47 Å². The third kappa shape index (κ3) is 4.58. The second-order valence-corrected chi connectivity index (χ2v) is 5.99. The Morgan fingerprint density at radius 1 is 0.889 bits per heavy atom. The lowest BCUT2D eigenvalue weighted by Crippen LogP contribution is -2.31. The Morgan fingerprint density at radius 3 is 1.93 bits per heavy atom. The first-order chi connectivity index (χ1) is 13.1. The molecule has 0 atom stereocenters. The van der Waals surface area contributed by atoms with E-state index in [4.69, 9.17) is 9.47 Å². The van der Waals surface area contributed by atoms with Crippen LogP contribution < -0.4 is 4.57 Å². The van der Waals surface area contributed by atoms with Crippen LogP contribution in [0, 0.1) is 0 Å². The van der Waals surface area contributed by atoms with Crippen molar-refractivity contribution in [2.45, 2.75) is 13.1 Å². The fourth-order valence-electron chi connectivity index (χ4n) is 2.65. The summed E-state index contributed by atoms with van der Waals surface area (Å²) in [6, 6.07) is 14.5. The van der Waals surface area contributed by atoms with Crippen molar-refractivity contribution in [2.24, 2.45) is 0 Å². The summed E-state index contributed by atoms with van der Waals surface area (Å²) in [4.78, 5) is 22.9. The molecule has 138 valence electrons. The zero-order chi connectivity index (χ0) is 19.2. The Morgan fingerprint density at radius 2 is 1.41 bits per heavy atom. The van der Waals surface area contributed by atoms with Crippen molar-refractivity contribution in [3.05, 3.63) is 83.4 Å². The zero-order valence-electron chi connectivity index (χ0n) is 15.2. The van der Waals surface area contributed by atoms with Gasteiger partial charge >= 0.3 is 11.9 Å². The fourth-order valence-corrected chi connectivity index (χ4v) is 2.65. The number of esters is 2. The molecule has 0 saturated carbocycles. The molecule has 7 nitrogen and oxygen atoms in total. The highest BCUT2D eigenvalue weighted by Crippen LogP contribution is 2.08. The zero-order valence-corrected chi connectivity index (χ0v) is 15.2. The molecule has 0 bridgehead atoms. The first kappa shape index (κ1) is 18.3. The molecule has 1 aromatic heterocycles. The summed E-state index contributed by atoms with van der Waals surface area (Å²) in [6.45, 7) is 1.23. The number of benzene rings is 2. The van der Waals surface area contributed by atoms with E-state index in [0.717, 1.165) is 11.1 Å². The molecule has 3 aromatic rings. The number of rotatable bonds is 6. The average molecular weight is 366 g/mol. The number of hydrogen-bond donors (Lipinski definition) is 0. The van der Waals surface area contributed by atoms with E-state index in [1.165, 1.54) is 14.2 Å². The van der Waals surface area contributed by atoms with Crippen LogP contribution in [0.15, 0.2) is 61.2 Å². The Labute approximate surface area is 156 Å². The number of methoxy groups -OCH3 is 2. The van der Waals surface area contributed by atoms with Gasteiger partial charge in [-0.15, -0.1) is 4.68 Å². The summed E-state index contributed by atoms with van der Waals surface area (Å²) in [6.07, 6.45) is 3.65. The highest BCUT2D eigenvalue weighted by Gasteiger charge is 2.10. The van der Waals surface area contributed by atoms with Gasteiger partial charge in [-0.3, -0.25) is 0 Å². The van der Waals surface area contributed by atoms with E-state index in [1.807, 2.05) is 39.8 Å². The fraction of sp³-hybridized carbons (Fsp3) is 0.200. The van der Waals surface area contributed by atoms with Gasteiger partial charge in [-0.05, 0) is 35.4 Å². The van der Waals surface area contributed by atoms with Gasteiger partial charge in [0.2, 0.25) is 6.33 Å². The van der Waals surface area contributed by atoms with Crippen LogP contribution >= 0.6 is 0 Å². The van der Waals surface area contributed by atoms with Gasteiger partial charge in [-0.25, -0.2) is 14.2 Å². The maximum atomic E-state index is 11.5. The van der Waals surface area contributed by atoms with Crippen molar-refractivity contribution in [3.63, 3.8) is 0 Å². The van der Waals surface area contributed by atoms with Crippen LogP contribution in [0.5, 0.6) is 0 Å². The largest absolute Gasteiger partial charge is 0.465 e. The first-order valence-electron chi connectivity index (χ1n) is 8.35. The number of nitrogens with zero attached hydrogens (tertiary/aromatic N) is 3. The second-order valence-electron chi connectivity index (χ2n) is 5.99. The van der Waals surface area contributed by atoms with Crippen molar-refractivity contribution >= 4 is 11.9 Å².